The Balaban J connectivity index is 1.60. The number of H-pyrrole nitrogens is 1. The third kappa shape index (κ3) is 5.58. The van der Waals surface area contributed by atoms with Gasteiger partial charge in [0.05, 0.1) is 20.8 Å². The highest BCUT2D eigenvalue weighted by Crippen LogP contribution is 2.45. The number of ether oxygens (including phenoxy) is 4. The Hall–Kier alpha value is -4.32. The van der Waals surface area contributed by atoms with Crippen molar-refractivity contribution in [2.24, 2.45) is 0 Å². The van der Waals surface area contributed by atoms with Crippen LogP contribution in [0.4, 0.5) is 8.78 Å². The van der Waals surface area contributed by atoms with E-state index in [1.807, 2.05) is 54.6 Å². The molecule has 0 amide bonds. The van der Waals surface area contributed by atoms with Crippen molar-refractivity contribution in [1.82, 2.24) is 9.55 Å². The van der Waals surface area contributed by atoms with Crippen LogP contribution in [0, 0.1) is 6.92 Å². The van der Waals surface area contributed by atoms with Gasteiger partial charge >= 0.3 is 5.69 Å². The molecule has 2 N–H and O–H groups in total. The normalized spacial score (nSPS) is 20.3. The Morgan fingerprint density at radius 1 is 0.953 bits per heavy atom. The highest BCUT2D eigenvalue weighted by Gasteiger charge is 2.55. The number of hydrogen-bond acceptors (Lipinski definition) is 7. The monoisotopic (exact) mass is 594 g/mol. The van der Waals surface area contributed by atoms with Crippen molar-refractivity contribution >= 4 is 0 Å². The Labute approximate surface area is 246 Å². The average molecular weight is 595 g/mol. The van der Waals surface area contributed by atoms with Crippen molar-refractivity contribution in [3.63, 3.8) is 0 Å². The van der Waals surface area contributed by atoms with E-state index in [1.165, 1.54) is 13.1 Å². The lowest BCUT2D eigenvalue weighted by Crippen LogP contribution is -2.49. The van der Waals surface area contributed by atoms with Crippen LogP contribution in [0.25, 0.3) is 0 Å². The number of aromatic amines is 1. The number of benzene rings is 3. The third-order valence-electron chi connectivity index (χ3n) is 7.84. The standard InChI is InChI=1S/C32H32F2N2O7/c1-20-18-36(30(38)35-28(20)37)27-17-31(39,29(33)34)26(43-27)19-42-32(21-7-5-4-6-8-21,22-9-13-24(40-2)14-10-22)23-11-15-25(41-3)16-12-23/h4-16,18,26-27,29,39H,17,19H2,1-3H3,(H,35,37,38)/t26-,27-,31-/m1/s1. The molecule has 3 aromatic carbocycles. The summed E-state index contributed by atoms with van der Waals surface area (Å²) in [7, 11) is 3.10. The van der Waals surface area contributed by atoms with Crippen LogP contribution < -0.4 is 20.7 Å². The maximum absolute atomic E-state index is 14.5. The molecule has 1 aromatic heterocycles. The fourth-order valence-corrected chi connectivity index (χ4v) is 5.42. The zero-order valence-electron chi connectivity index (χ0n) is 23.8. The van der Waals surface area contributed by atoms with Crippen LogP contribution in [0.2, 0.25) is 0 Å². The second-order valence-corrected chi connectivity index (χ2v) is 10.4. The van der Waals surface area contributed by atoms with Gasteiger partial charge in [-0.3, -0.25) is 14.3 Å². The quantitative estimate of drug-likeness (QED) is 0.265. The zero-order valence-corrected chi connectivity index (χ0v) is 23.8. The number of aryl methyl sites for hydroxylation is 1. The van der Waals surface area contributed by atoms with E-state index in [0.29, 0.717) is 28.2 Å². The topological polar surface area (TPSA) is 112 Å². The minimum Gasteiger partial charge on any atom is -0.497 e. The van der Waals surface area contributed by atoms with E-state index in [1.54, 1.807) is 38.5 Å². The summed E-state index contributed by atoms with van der Waals surface area (Å²) < 4.78 is 53.3. The molecular formula is C32H32F2N2O7. The first-order valence-electron chi connectivity index (χ1n) is 13.6. The molecule has 0 saturated carbocycles. The molecule has 1 fully saturated rings. The van der Waals surface area contributed by atoms with Crippen molar-refractivity contribution in [1.29, 1.82) is 0 Å². The molecule has 0 unspecified atom stereocenters. The van der Waals surface area contributed by atoms with Gasteiger partial charge in [-0.25, -0.2) is 13.6 Å². The zero-order chi connectivity index (χ0) is 30.8. The van der Waals surface area contributed by atoms with E-state index in [0.717, 1.165) is 4.57 Å². The van der Waals surface area contributed by atoms with Crippen LogP contribution in [-0.2, 0) is 15.1 Å². The molecule has 1 saturated heterocycles. The number of nitrogens with zero attached hydrogens (tertiary/aromatic N) is 1. The molecule has 2 heterocycles. The first kappa shape index (κ1) is 30.1. The number of alkyl halides is 2. The Morgan fingerprint density at radius 2 is 1.49 bits per heavy atom. The van der Waals surface area contributed by atoms with E-state index in [9.17, 15) is 23.5 Å². The predicted molar refractivity (Wildman–Crippen MR) is 154 cm³/mol. The van der Waals surface area contributed by atoms with E-state index < -0.39 is 54.2 Å². The summed E-state index contributed by atoms with van der Waals surface area (Å²) in [4.78, 5) is 26.6. The Bertz CT molecular complexity index is 1610. The Kier molecular flexibility index (Phi) is 8.50. The van der Waals surface area contributed by atoms with Gasteiger partial charge in [-0.15, -0.1) is 0 Å². The van der Waals surface area contributed by atoms with Gasteiger partial charge in [0.1, 0.15) is 29.4 Å². The van der Waals surface area contributed by atoms with Gasteiger partial charge < -0.3 is 24.1 Å². The van der Waals surface area contributed by atoms with Gasteiger partial charge in [-0.1, -0.05) is 54.6 Å². The molecule has 226 valence electrons. The SMILES string of the molecule is COc1ccc(C(OC[C@H]2O[C@@H](n3cc(C)c(=O)[nH]c3=O)C[C@]2(O)C(F)F)(c2ccccc2)c2ccc(OC)cc2)cc1. The summed E-state index contributed by atoms with van der Waals surface area (Å²) in [5, 5.41) is 11.2. The second-order valence-electron chi connectivity index (χ2n) is 10.4. The number of aromatic nitrogens is 2. The lowest BCUT2D eigenvalue weighted by Gasteiger charge is -2.38. The van der Waals surface area contributed by atoms with Gasteiger partial charge in [0.2, 0.25) is 0 Å². The van der Waals surface area contributed by atoms with Crippen LogP contribution in [0.1, 0.15) is 34.9 Å². The molecule has 0 radical (unpaired) electrons. The van der Waals surface area contributed by atoms with E-state index in [4.69, 9.17) is 18.9 Å². The summed E-state index contributed by atoms with van der Waals surface area (Å²) in [5.74, 6) is 1.22. The number of aliphatic hydroxyl groups is 1. The number of methoxy groups -OCH3 is 2. The molecule has 5 rings (SSSR count). The molecule has 1 aliphatic heterocycles. The van der Waals surface area contributed by atoms with Gasteiger partial charge in [-0.05, 0) is 47.9 Å². The van der Waals surface area contributed by atoms with Crippen molar-refractivity contribution in [3.8, 4) is 11.5 Å². The molecule has 4 aromatic rings. The minimum atomic E-state index is -3.22. The summed E-state index contributed by atoms with van der Waals surface area (Å²) in [5.41, 5.74) is -3.26. The van der Waals surface area contributed by atoms with Crippen molar-refractivity contribution < 1.29 is 32.8 Å². The first-order valence-corrected chi connectivity index (χ1v) is 13.6. The van der Waals surface area contributed by atoms with E-state index >= 15 is 0 Å². The van der Waals surface area contributed by atoms with Crippen molar-refractivity contribution in [3.05, 3.63) is 128 Å². The molecule has 9 nitrogen and oxygen atoms in total. The number of halogens is 2. The fraction of sp³-hybridized carbons (Fsp3) is 0.312. The van der Waals surface area contributed by atoms with Crippen molar-refractivity contribution in [2.75, 3.05) is 20.8 Å². The molecule has 0 spiro atoms. The van der Waals surface area contributed by atoms with Gasteiger partial charge in [0.15, 0.2) is 5.60 Å². The van der Waals surface area contributed by atoms with Gasteiger partial charge in [0.25, 0.3) is 12.0 Å². The summed E-state index contributed by atoms with van der Waals surface area (Å²) >= 11 is 0. The second kappa shape index (κ2) is 12.1. The molecule has 0 aliphatic carbocycles. The molecule has 3 atom stereocenters. The first-order chi connectivity index (χ1) is 20.6. The van der Waals surface area contributed by atoms with Crippen LogP contribution in [0.15, 0.2) is 94.6 Å². The third-order valence-corrected chi connectivity index (χ3v) is 7.84. The molecule has 11 heteroatoms. The molecular weight excluding hydrogens is 562 g/mol. The molecule has 0 bridgehead atoms. The maximum Gasteiger partial charge on any atom is 0.330 e. The number of hydrogen-bond donors (Lipinski definition) is 2. The lowest BCUT2D eigenvalue weighted by atomic mass is 9.79. The van der Waals surface area contributed by atoms with Crippen LogP contribution in [-0.4, -0.2) is 53.6 Å². The van der Waals surface area contributed by atoms with E-state index in [2.05, 4.69) is 4.98 Å². The number of rotatable bonds is 10. The molecule has 1 aliphatic rings. The smallest absolute Gasteiger partial charge is 0.330 e. The van der Waals surface area contributed by atoms with Crippen molar-refractivity contribution in [2.45, 2.75) is 43.3 Å². The largest absolute Gasteiger partial charge is 0.497 e. The van der Waals surface area contributed by atoms with E-state index in [-0.39, 0.29) is 5.56 Å². The van der Waals surface area contributed by atoms with Crippen LogP contribution in [0.5, 0.6) is 11.5 Å². The minimum absolute atomic E-state index is 0.186. The highest BCUT2D eigenvalue weighted by molar-refractivity contribution is 5.49. The summed E-state index contributed by atoms with van der Waals surface area (Å²) in [6, 6.07) is 23.6. The van der Waals surface area contributed by atoms with Crippen LogP contribution in [0.3, 0.4) is 0 Å². The summed E-state index contributed by atoms with van der Waals surface area (Å²) in [6.45, 7) is 0.989. The number of nitrogens with one attached hydrogen (secondary N) is 1. The van der Waals surface area contributed by atoms with Crippen LogP contribution >= 0.6 is 0 Å². The Morgan fingerprint density at radius 3 is 2.00 bits per heavy atom. The highest BCUT2D eigenvalue weighted by atomic mass is 19.3. The fourth-order valence-electron chi connectivity index (χ4n) is 5.42. The van der Waals surface area contributed by atoms with Gasteiger partial charge in [-0.2, -0.15) is 0 Å². The average Bonchev–Trinajstić information content (AvgIpc) is 3.37. The lowest BCUT2D eigenvalue weighted by molar-refractivity contribution is -0.165. The predicted octanol–water partition coefficient (Wildman–Crippen LogP) is 4.15. The maximum atomic E-state index is 14.5. The summed E-state index contributed by atoms with van der Waals surface area (Å²) in [6.07, 6.45) is -5.42. The van der Waals surface area contributed by atoms with Gasteiger partial charge in [0, 0.05) is 18.2 Å². The molecule has 43 heavy (non-hydrogen) atoms.